The third kappa shape index (κ3) is 1.30. The first-order valence-corrected chi connectivity index (χ1v) is 5.40. The van der Waals surface area contributed by atoms with Gasteiger partial charge in [0.15, 0.2) is 0 Å². The molecule has 1 aromatic heterocycles. The first-order chi connectivity index (χ1) is 7.79. The van der Waals surface area contributed by atoms with E-state index in [-0.39, 0.29) is 0 Å². The molecule has 0 saturated heterocycles. The Morgan fingerprint density at radius 2 is 2.00 bits per heavy atom. The van der Waals surface area contributed by atoms with Gasteiger partial charge in [-0.15, -0.1) is 0 Å². The van der Waals surface area contributed by atoms with Crippen LogP contribution in [0.4, 0.5) is 0 Å². The van der Waals surface area contributed by atoms with Gasteiger partial charge >= 0.3 is 98.2 Å². The van der Waals surface area contributed by atoms with Crippen LogP contribution in [-0.2, 0) is 0 Å². The van der Waals surface area contributed by atoms with Gasteiger partial charge in [0, 0.05) is 0 Å². The summed E-state index contributed by atoms with van der Waals surface area (Å²) in [6.07, 6.45) is 0. The van der Waals surface area contributed by atoms with Crippen molar-refractivity contribution in [1.29, 1.82) is 0 Å². The van der Waals surface area contributed by atoms with Crippen molar-refractivity contribution in [3.63, 3.8) is 0 Å². The third-order valence-electron chi connectivity index (χ3n) is 2.71. The van der Waals surface area contributed by atoms with Crippen molar-refractivity contribution >= 4 is 52.4 Å². The van der Waals surface area contributed by atoms with Crippen molar-refractivity contribution in [2.75, 3.05) is 0 Å². The summed E-state index contributed by atoms with van der Waals surface area (Å²) in [5.74, 6) is 0. The van der Waals surface area contributed by atoms with Crippen molar-refractivity contribution in [1.82, 2.24) is 0 Å². The SMILES string of the molecule is C=Bc1cccc2oc3ccc(Cl)cc3c12. The predicted molar refractivity (Wildman–Crippen MR) is 71.2 cm³/mol. The van der Waals surface area contributed by atoms with Gasteiger partial charge in [-0.05, 0) is 0 Å². The fraction of sp³-hybridized carbons (Fsp3) is 0. The van der Waals surface area contributed by atoms with Crippen LogP contribution in [0.25, 0.3) is 21.9 Å². The van der Waals surface area contributed by atoms with E-state index in [1.54, 1.807) is 0 Å². The Bertz CT molecular complexity index is 700. The zero-order valence-corrected chi connectivity index (χ0v) is 9.29. The monoisotopic (exact) mass is 226 g/mol. The van der Waals surface area contributed by atoms with Gasteiger partial charge in [-0.3, -0.25) is 0 Å². The number of fused-ring (bicyclic) bond motifs is 3. The van der Waals surface area contributed by atoms with E-state index >= 15 is 0 Å². The van der Waals surface area contributed by atoms with E-state index < -0.39 is 0 Å². The van der Waals surface area contributed by atoms with Crippen LogP contribution in [0, 0.1) is 0 Å². The van der Waals surface area contributed by atoms with Crippen LogP contribution >= 0.6 is 11.6 Å². The van der Waals surface area contributed by atoms with Crippen molar-refractivity contribution < 1.29 is 4.42 Å². The molecule has 16 heavy (non-hydrogen) atoms. The van der Waals surface area contributed by atoms with Crippen LogP contribution < -0.4 is 5.46 Å². The molecule has 0 aliphatic carbocycles. The van der Waals surface area contributed by atoms with Gasteiger partial charge < -0.3 is 0 Å². The van der Waals surface area contributed by atoms with Gasteiger partial charge in [0.2, 0.25) is 0 Å². The summed E-state index contributed by atoms with van der Waals surface area (Å²) in [6, 6.07) is 11.6. The maximum atomic E-state index is 6.00. The topological polar surface area (TPSA) is 13.1 Å². The minimum absolute atomic E-state index is 0.717. The first kappa shape index (κ1) is 9.67. The molecule has 0 radical (unpaired) electrons. The van der Waals surface area contributed by atoms with E-state index in [1.165, 1.54) is 0 Å². The normalized spacial score (nSPS) is 10.8. The molecule has 3 rings (SSSR count). The summed E-state index contributed by atoms with van der Waals surface area (Å²) >= 11 is 6.00. The van der Waals surface area contributed by atoms with Gasteiger partial charge in [0.05, 0.1) is 0 Å². The van der Waals surface area contributed by atoms with Crippen molar-refractivity contribution in [2.24, 2.45) is 0 Å². The van der Waals surface area contributed by atoms with Crippen LogP contribution in [0.2, 0.25) is 5.02 Å². The molecule has 0 unspecified atom stereocenters. The Balaban J connectivity index is 2.59. The molecule has 3 heteroatoms. The molecule has 0 amide bonds. The Morgan fingerprint density at radius 3 is 2.81 bits per heavy atom. The van der Waals surface area contributed by atoms with E-state index in [1.807, 2.05) is 43.3 Å². The molecule has 0 aliphatic heterocycles. The van der Waals surface area contributed by atoms with Crippen molar-refractivity contribution in [2.45, 2.75) is 0 Å². The summed E-state index contributed by atoms with van der Waals surface area (Å²) in [6.45, 7) is 5.65. The van der Waals surface area contributed by atoms with E-state index in [9.17, 15) is 0 Å². The van der Waals surface area contributed by atoms with Gasteiger partial charge in [-0.1, -0.05) is 0 Å². The van der Waals surface area contributed by atoms with E-state index in [4.69, 9.17) is 16.0 Å². The minimum atomic E-state index is 0.717. The molecule has 0 atom stereocenters. The fourth-order valence-electron chi connectivity index (χ4n) is 2.00. The van der Waals surface area contributed by atoms with E-state index in [0.29, 0.717) is 5.02 Å². The molecule has 0 saturated carbocycles. The molecule has 1 heterocycles. The molecule has 2 aromatic carbocycles. The second kappa shape index (κ2) is 3.50. The molecule has 0 spiro atoms. The molecule has 0 N–H and O–H groups in total. The second-order valence-electron chi connectivity index (χ2n) is 3.67. The molecule has 76 valence electrons. The molecule has 0 aliphatic rings. The van der Waals surface area contributed by atoms with Gasteiger partial charge in [-0.25, -0.2) is 0 Å². The zero-order valence-electron chi connectivity index (χ0n) is 8.53. The Kier molecular flexibility index (Phi) is 2.11. The number of halogens is 1. The van der Waals surface area contributed by atoms with Gasteiger partial charge in [0.1, 0.15) is 0 Å². The quantitative estimate of drug-likeness (QED) is 0.582. The predicted octanol–water partition coefficient (Wildman–Crippen LogP) is 3.00. The number of rotatable bonds is 1. The van der Waals surface area contributed by atoms with Crippen LogP contribution in [-0.4, -0.2) is 13.4 Å². The van der Waals surface area contributed by atoms with Crippen LogP contribution in [0.15, 0.2) is 40.8 Å². The summed E-state index contributed by atoms with van der Waals surface area (Å²) < 4.78 is 5.74. The average Bonchev–Trinajstić information content (AvgIpc) is 2.66. The van der Waals surface area contributed by atoms with E-state index in [0.717, 1.165) is 27.4 Å². The molecule has 0 bridgehead atoms. The molecule has 0 fully saturated rings. The Morgan fingerprint density at radius 1 is 1.12 bits per heavy atom. The van der Waals surface area contributed by atoms with Gasteiger partial charge in [-0.2, -0.15) is 0 Å². The number of furan rings is 1. The summed E-state index contributed by atoms with van der Waals surface area (Å²) in [7, 11) is 0. The summed E-state index contributed by atoms with van der Waals surface area (Å²) in [4.78, 5) is 0. The first-order valence-electron chi connectivity index (χ1n) is 5.03. The van der Waals surface area contributed by atoms with Gasteiger partial charge in [0.25, 0.3) is 0 Å². The maximum absolute atomic E-state index is 6.00. The second-order valence-corrected chi connectivity index (χ2v) is 4.10. The average molecular weight is 226 g/mol. The standard InChI is InChI=1S/C13H8BClO/c1-14-10-3-2-4-12-13(10)9-7-8(15)5-6-11(9)16-12/h2-7H,1H2. The molecule has 1 nitrogen and oxygen atoms in total. The molecule has 3 aromatic rings. The van der Waals surface area contributed by atoms with Crippen LogP contribution in [0.3, 0.4) is 0 Å². The number of benzene rings is 2. The summed E-state index contributed by atoms with van der Waals surface area (Å²) in [5, 5.41) is 2.84. The van der Waals surface area contributed by atoms with E-state index in [2.05, 4.69) is 6.47 Å². The fourth-order valence-corrected chi connectivity index (χ4v) is 2.17. The molecular weight excluding hydrogens is 218 g/mol. The number of hydrogen-bond donors (Lipinski definition) is 0. The Labute approximate surface area is 98.5 Å². The van der Waals surface area contributed by atoms with Crippen molar-refractivity contribution in [3.8, 4) is 0 Å². The number of hydrogen-bond acceptors (Lipinski definition) is 1. The molecular formula is C13H8BClO. The Hall–Kier alpha value is -1.54. The van der Waals surface area contributed by atoms with Crippen LogP contribution in [0.5, 0.6) is 0 Å². The third-order valence-corrected chi connectivity index (χ3v) is 2.94. The van der Waals surface area contributed by atoms with Crippen LogP contribution in [0.1, 0.15) is 0 Å². The zero-order chi connectivity index (χ0) is 11.1. The van der Waals surface area contributed by atoms with Crippen molar-refractivity contribution in [3.05, 3.63) is 41.4 Å². The summed E-state index contributed by atoms with van der Waals surface area (Å²) in [5.41, 5.74) is 2.79.